The highest BCUT2D eigenvalue weighted by atomic mass is 15.2. The largest absolute Gasteiger partial charge is 0.278 e. The average Bonchev–Trinajstić information content (AvgIpc) is 3.87. The van der Waals surface area contributed by atoms with Gasteiger partial charge in [-0.05, 0) is 108 Å². The zero-order chi connectivity index (χ0) is 39.7. The van der Waals surface area contributed by atoms with E-state index < -0.39 is 0 Å². The maximum Gasteiger partial charge on any atom is 0.235 e. The van der Waals surface area contributed by atoms with Gasteiger partial charge < -0.3 is 0 Å². The molecule has 9 aromatic carbocycles. The lowest BCUT2D eigenvalue weighted by atomic mass is 9.80. The molecular formula is C57H37N3. The standard InChI is InChI=1S/C57H37N3/c1-57(2)50-22-12-10-20-42(50)44-28-25-36-32-52-49(33-46(36)53(44)57)43-21-11-13-23-51(43)60(52)56-58-54(45-29-24-35-16-6-7-17-38(35)55(45)59-56)37-26-27-41-47(30-34-14-4-3-5-15-34)39-18-8-9-19-40(39)48(41)31-37/h3-33H,1-2H3/b47-30-. The van der Waals surface area contributed by atoms with Crippen molar-refractivity contribution < 1.29 is 0 Å². The topological polar surface area (TPSA) is 30.7 Å². The van der Waals surface area contributed by atoms with Crippen molar-refractivity contribution in [2.24, 2.45) is 0 Å². The molecule has 0 bridgehead atoms. The van der Waals surface area contributed by atoms with Crippen LogP contribution in [0.4, 0.5) is 0 Å². The summed E-state index contributed by atoms with van der Waals surface area (Å²) in [6, 6.07) is 66.4. The number of hydrogen-bond acceptors (Lipinski definition) is 2. The van der Waals surface area contributed by atoms with Crippen molar-refractivity contribution in [1.82, 2.24) is 14.5 Å². The number of fused-ring (bicyclic) bond motifs is 14. The Kier molecular flexibility index (Phi) is 6.78. The summed E-state index contributed by atoms with van der Waals surface area (Å²) in [5.74, 6) is 0.666. The smallest absolute Gasteiger partial charge is 0.235 e. The van der Waals surface area contributed by atoms with Gasteiger partial charge in [-0.2, -0.15) is 0 Å². The van der Waals surface area contributed by atoms with Gasteiger partial charge in [0, 0.05) is 32.5 Å². The molecule has 0 saturated heterocycles. The summed E-state index contributed by atoms with van der Waals surface area (Å²) in [6.07, 6.45) is 2.31. The van der Waals surface area contributed by atoms with Crippen molar-refractivity contribution in [3.05, 3.63) is 210 Å². The molecule has 0 spiro atoms. The summed E-state index contributed by atoms with van der Waals surface area (Å²) >= 11 is 0. The van der Waals surface area contributed by atoms with Crippen LogP contribution in [0.5, 0.6) is 0 Å². The van der Waals surface area contributed by atoms with Crippen LogP contribution in [0.15, 0.2) is 182 Å². The van der Waals surface area contributed by atoms with Gasteiger partial charge >= 0.3 is 0 Å². The molecular weight excluding hydrogens is 727 g/mol. The van der Waals surface area contributed by atoms with E-state index in [2.05, 4.69) is 206 Å². The Bertz CT molecular complexity index is 3680. The van der Waals surface area contributed by atoms with Crippen molar-refractivity contribution in [3.63, 3.8) is 0 Å². The molecule has 2 aliphatic rings. The van der Waals surface area contributed by atoms with Crippen LogP contribution in [0.1, 0.15) is 41.7 Å². The molecule has 13 rings (SSSR count). The Hall–Kier alpha value is -7.62. The third kappa shape index (κ3) is 4.60. The van der Waals surface area contributed by atoms with Crippen LogP contribution in [0.2, 0.25) is 0 Å². The summed E-state index contributed by atoms with van der Waals surface area (Å²) in [4.78, 5) is 11.1. The summed E-state index contributed by atoms with van der Waals surface area (Å²) in [5.41, 5.74) is 17.8. The highest BCUT2D eigenvalue weighted by Gasteiger charge is 2.37. The number of rotatable bonds is 3. The molecule has 0 saturated carbocycles. The molecule has 2 aliphatic carbocycles. The maximum atomic E-state index is 5.61. The van der Waals surface area contributed by atoms with E-state index in [1.165, 1.54) is 77.2 Å². The number of nitrogens with zero attached hydrogens (tertiary/aromatic N) is 3. The molecule has 2 aromatic heterocycles. The van der Waals surface area contributed by atoms with Gasteiger partial charge in [0.15, 0.2) is 0 Å². The second-order valence-electron chi connectivity index (χ2n) is 16.9. The van der Waals surface area contributed by atoms with Crippen molar-refractivity contribution >= 4 is 65.9 Å². The third-order valence-electron chi connectivity index (χ3n) is 13.3. The van der Waals surface area contributed by atoms with Crippen molar-refractivity contribution in [2.75, 3.05) is 0 Å². The van der Waals surface area contributed by atoms with Crippen LogP contribution in [-0.4, -0.2) is 14.5 Å². The first-order valence-corrected chi connectivity index (χ1v) is 20.8. The van der Waals surface area contributed by atoms with E-state index in [0.717, 1.165) is 44.0 Å². The maximum absolute atomic E-state index is 5.61. The van der Waals surface area contributed by atoms with Gasteiger partial charge in [0.25, 0.3) is 0 Å². The molecule has 0 N–H and O–H groups in total. The fourth-order valence-electron chi connectivity index (χ4n) is 10.6. The molecule has 0 atom stereocenters. The summed E-state index contributed by atoms with van der Waals surface area (Å²) in [7, 11) is 0. The fraction of sp³-hybridized carbons (Fsp3) is 0.0526. The van der Waals surface area contributed by atoms with Gasteiger partial charge in [-0.25, -0.2) is 9.97 Å². The third-order valence-corrected chi connectivity index (χ3v) is 13.3. The predicted molar refractivity (Wildman–Crippen MR) is 251 cm³/mol. The van der Waals surface area contributed by atoms with E-state index in [4.69, 9.17) is 9.97 Å². The van der Waals surface area contributed by atoms with E-state index in [-0.39, 0.29) is 5.41 Å². The Morgan fingerprint density at radius 1 is 0.450 bits per heavy atom. The molecule has 60 heavy (non-hydrogen) atoms. The van der Waals surface area contributed by atoms with E-state index >= 15 is 0 Å². The second kappa shape index (κ2) is 12.2. The number of aromatic nitrogens is 3. The van der Waals surface area contributed by atoms with Crippen LogP contribution in [0.3, 0.4) is 0 Å². The monoisotopic (exact) mass is 763 g/mol. The van der Waals surface area contributed by atoms with Gasteiger partial charge in [0.1, 0.15) is 0 Å². The van der Waals surface area contributed by atoms with Crippen molar-refractivity contribution in [3.8, 4) is 39.5 Å². The van der Waals surface area contributed by atoms with E-state index in [0.29, 0.717) is 5.95 Å². The molecule has 3 heteroatoms. The molecule has 0 radical (unpaired) electrons. The molecule has 280 valence electrons. The van der Waals surface area contributed by atoms with Gasteiger partial charge in [-0.3, -0.25) is 4.57 Å². The fourth-order valence-corrected chi connectivity index (χ4v) is 10.6. The number of benzene rings is 9. The van der Waals surface area contributed by atoms with Crippen molar-refractivity contribution in [1.29, 1.82) is 0 Å². The normalized spacial score (nSPS) is 14.3. The Labute approximate surface area is 347 Å². The molecule has 2 heterocycles. The minimum atomic E-state index is -0.122. The molecule has 0 aliphatic heterocycles. The lowest BCUT2D eigenvalue weighted by Crippen LogP contribution is -2.15. The van der Waals surface area contributed by atoms with Crippen LogP contribution < -0.4 is 0 Å². The van der Waals surface area contributed by atoms with Gasteiger partial charge in [-0.15, -0.1) is 0 Å². The molecule has 0 fully saturated rings. The predicted octanol–water partition coefficient (Wildman–Crippen LogP) is 14.6. The quantitative estimate of drug-likeness (QED) is 0.168. The zero-order valence-corrected chi connectivity index (χ0v) is 33.2. The Balaban J connectivity index is 1.08. The van der Waals surface area contributed by atoms with Gasteiger partial charge in [0.2, 0.25) is 5.95 Å². The average molecular weight is 764 g/mol. The minimum Gasteiger partial charge on any atom is -0.278 e. The van der Waals surface area contributed by atoms with Crippen LogP contribution in [-0.2, 0) is 5.41 Å². The Morgan fingerprint density at radius 3 is 2.03 bits per heavy atom. The SMILES string of the molecule is CC1(C)c2ccccc2-c2ccc3cc4c(cc3c21)c1ccccc1n4-c1nc(-c2ccc3c(c2)-c2ccccc2/C3=C/c2ccccc2)c2ccc3ccccc3c2n1. The number of hydrogen-bond donors (Lipinski definition) is 0. The van der Waals surface area contributed by atoms with E-state index in [9.17, 15) is 0 Å². The Morgan fingerprint density at radius 2 is 1.15 bits per heavy atom. The number of para-hydroxylation sites is 1. The first-order chi connectivity index (χ1) is 29.5. The van der Waals surface area contributed by atoms with Crippen LogP contribution in [0, 0.1) is 0 Å². The molecule has 3 nitrogen and oxygen atoms in total. The lowest BCUT2D eigenvalue weighted by molar-refractivity contribution is 0.666. The summed E-state index contributed by atoms with van der Waals surface area (Å²) in [5, 5.41) is 8.22. The first kappa shape index (κ1) is 33.4. The highest BCUT2D eigenvalue weighted by Crippen LogP contribution is 2.52. The van der Waals surface area contributed by atoms with Gasteiger partial charge in [-0.1, -0.05) is 166 Å². The molecule has 0 unspecified atom stereocenters. The first-order valence-electron chi connectivity index (χ1n) is 20.8. The zero-order valence-electron chi connectivity index (χ0n) is 33.2. The second-order valence-corrected chi connectivity index (χ2v) is 16.9. The van der Waals surface area contributed by atoms with Gasteiger partial charge in [0.05, 0.1) is 22.2 Å². The molecule has 11 aromatic rings. The van der Waals surface area contributed by atoms with Crippen LogP contribution in [0.25, 0.3) is 105 Å². The van der Waals surface area contributed by atoms with E-state index in [1.807, 2.05) is 0 Å². The molecule has 0 amide bonds. The lowest BCUT2D eigenvalue weighted by Gasteiger charge is -2.23. The van der Waals surface area contributed by atoms with Crippen molar-refractivity contribution in [2.45, 2.75) is 19.3 Å². The summed E-state index contributed by atoms with van der Waals surface area (Å²) in [6.45, 7) is 4.74. The summed E-state index contributed by atoms with van der Waals surface area (Å²) < 4.78 is 2.30. The highest BCUT2D eigenvalue weighted by molar-refractivity contribution is 6.16. The van der Waals surface area contributed by atoms with E-state index in [1.54, 1.807) is 0 Å². The van der Waals surface area contributed by atoms with Crippen LogP contribution >= 0.6 is 0 Å². The minimum absolute atomic E-state index is 0.122.